The van der Waals surface area contributed by atoms with Crippen molar-refractivity contribution in [2.45, 2.75) is 98.8 Å². The Hall–Kier alpha value is -0.214. The summed E-state index contributed by atoms with van der Waals surface area (Å²) in [6.45, 7) is 17.9. The first-order valence-electron chi connectivity index (χ1n) is 9.91. The molecule has 25 heavy (non-hydrogen) atoms. The number of aromatic hydroxyl groups is 1. The maximum atomic E-state index is 10.2. The van der Waals surface area contributed by atoms with Crippen LogP contribution in [0.15, 0.2) is 12.1 Å². The van der Waals surface area contributed by atoms with Crippen LogP contribution in [-0.4, -0.2) is 28.2 Å². The second kappa shape index (κ2) is 21.8. The SMILES string of the molecule is CCCCc1cc(C)cc(CCCC)c1O.[CH2-]CCC.[CH2-]CCC.[Mg+2]. The quantitative estimate of drug-likeness (QED) is 0.383. The van der Waals surface area contributed by atoms with E-state index in [0.717, 1.165) is 49.7 Å². The Morgan fingerprint density at radius 1 is 0.760 bits per heavy atom. The summed E-state index contributed by atoms with van der Waals surface area (Å²) in [5.41, 5.74) is 3.54. The van der Waals surface area contributed by atoms with Gasteiger partial charge in [0.25, 0.3) is 0 Å². The molecule has 0 bridgehead atoms. The Labute approximate surface area is 175 Å². The van der Waals surface area contributed by atoms with E-state index in [1.54, 1.807) is 0 Å². The molecule has 2 heteroatoms. The Balaban J connectivity index is -0.000000454. The first-order chi connectivity index (χ1) is 11.5. The molecule has 1 aromatic rings. The molecular formula is C23H42MgO. The van der Waals surface area contributed by atoms with Gasteiger partial charge in [-0.15, -0.1) is 0 Å². The Bertz CT molecular complexity index is 351. The zero-order chi connectivity index (χ0) is 18.8. The van der Waals surface area contributed by atoms with Gasteiger partial charge in [-0.1, -0.05) is 71.1 Å². The minimum atomic E-state index is 0. The predicted molar refractivity (Wildman–Crippen MR) is 116 cm³/mol. The maximum absolute atomic E-state index is 10.2. The standard InChI is InChI=1S/C15H24O.2C4H9.Mg/c1-4-6-8-13-10-12(3)11-14(15(13)16)9-7-5-2;2*1-3-4-2;/h10-11,16H,4-9H2,1-3H3;2*1,3-4H2,2H3;/q;2*-1;+2. The molecule has 0 aromatic heterocycles. The van der Waals surface area contributed by atoms with Gasteiger partial charge in [-0.3, -0.25) is 0 Å². The van der Waals surface area contributed by atoms with Crippen LogP contribution < -0.4 is 0 Å². The van der Waals surface area contributed by atoms with Crippen molar-refractivity contribution < 1.29 is 5.11 Å². The molecule has 0 saturated carbocycles. The number of benzene rings is 1. The van der Waals surface area contributed by atoms with Gasteiger partial charge in [0, 0.05) is 0 Å². The zero-order valence-electron chi connectivity index (χ0n) is 17.8. The molecule has 0 fully saturated rings. The molecule has 0 unspecified atom stereocenters. The minimum Gasteiger partial charge on any atom is -0.507 e. The summed E-state index contributed by atoms with van der Waals surface area (Å²) in [5, 5.41) is 10.2. The normalized spacial score (nSPS) is 9.24. The number of rotatable bonds is 8. The van der Waals surface area contributed by atoms with Crippen molar-refractivity contribution in [3.63, 3.8) is 0 Å². The van der Waals surface area contributed by atoms with Gasteiger partial charge in [-0.05, 0) is 43.7 Å². The summed E-state index contributed by atoms with van der Waals surface area (Å²) in [5.74, 6) is 0.549. The molecule has 0 heterocycles. The smallest absolute Gasteiger partial charge is 0.507 e. The van der Waals surface area contributed by atoms with E-state index in [0.29, 0.717) is 5.75 Å². The predicted octanol–water partition coefficient (Wildman–Crippen LogP) is 7.25. The fourth-order valence-electron chi connectivity index (χ4n) is 2.05. The van der Waals surface area contributed by atoms with Crippen LogP contribution in [0.25, 0.3) is 0 Å². The number of aryl methyl sites for hydroxylation is 3. The number of phenolic OH excluding ortho intramolecular Hbond substituents is 1. The summed E-state index contributed by atoms with van der Waals surface area (Å²) in [4.78, 5) is 0. The van der Waals surface area contributed by atoms with Crippen LogP contribution in [0.2, 0.25) is 0 Å². The molecule has 142 valence electrons. The summed E-state index contributed by atoms with van der Waals surface area (Å²) < 4.78 is 0. The summed E-state index contributed by atoms with van der Waals surface area (Å²) in [7, 11) is 0. The molecule has 0 aliphatic carbocycles. The summed E-state index contributed by atoms with van der Waals surface area (Å²) in [6.07, 6.45) is 11.2. The van der Waals surface area contributed by atoms with Gasteiger partial charge < -0.3 is 19.0 Å². The van der Waals surface area contributed by atoms with Crippen LogP contribution in [-0.2, 0) is 12.8 Å². The third kappa shape index (κ3) is 17.0. The number of phenols is 1. The van der Waals surface area contributed by atoms with Crippen molar-refractivity contribution in [2.75, 3.05) is 0 Å². The van der Waals surface area contributed by atoms with Crippen molar-refractivity contribution in [1.82, 2.24) is 0 Å². The van der Waals surface area contributed by atoms with Crippen LogP contribution in [0.5, 0.6) is 5.75 Å². The van der Waals surface area contributed by atoms with Crippen LogP contribution in [0, 0.1) is 20.8 Å². The van der Waals surface area contributed by atoms with Gasteiger partial charge in [0.1, 0.15) is 5.75 Å². The minimum absolute atomic E-state index is 0. The van der Waals surface area contributed by atoms with Crippen molar-refractivity contribution in [3.8, 4) is 5.75 Å². The van der Waals surface area contributed by atoms with E-state index in [1.807, 2.05) is 0 Å². The van der Waals surface area contributed by atoms with E-state index in [2.05, 4.69) is 60.6 Å². The molecule has 1 N–H and O–H groups in total. The maximum Gasteiger partial charge on any atom is 2.00 e. The van der Waals surface area contributed by atoms with Gasteiger partial charge in [-0.2, -0.15) is 12.8 Å². The number of unbranched alkanes of at least 4 members (excludes halogenated alkanes) is 4. The second-order valence-electron chi connectivity index (χ2n) is 6.35. The molecule has 1 nitrogen and oxygen atoms in total. The number of hydrogen-bond donors (Lipinski definition) is 1. The van der Waals surface area contributed by atoms with Gasteiger partial charge in [0.05, 0.1) is 0 Å². The van der Waals surface area contributed by atoms with Crippen molar-refractivity contribution >= 4 is 23.1 Å². The largest absolute Gasteiger partial charge is 2.00 e. The van der Waals surface area contributed by atoms with Crippen LogP contribution in [0.3, 0.4) is 0 Å². The van der Waals surface area contributed by atoms with E-state index in [1.165, 1.54) is 31.2 Å². The molecule has 0 aliphatic rings. The summed E-state index contributed by atoms with van der Waals surface area (Å²) >= 11 is 0. The first-order valence-corrected chi connectivity index (χ1v) is 9.91. The fraction of sp³-hybridized carbons (Fsp3) is 0.652. The van der Waals surface area contributed by atoms with Gasteiger partial charge >= 0.3 is 23.1 Å². The van der Waals surface area contributed by atoms with Gasteiger partial charge in [-0.25, -0.2) is 0 Å². The second-order valence-corrected chi connectivity index (χ2v) is 6.35. The molecule has 0 spiro atoms. The monoisotopic (exact) mass is 358 g/mol. The van der Waals surface area contributed by atoms with Crippen LogP contribution >= 0.6 is 0 Å². The third-order valence-corrected chi connectivity index (χ3v) is 3.72. The van der Waals surface area contributed by atoms with E-state index in [4.69, 9.17) is 0 Å². The van der Waals surface area contributed by atoms with Crippen molar-refractivity contribution in [1.29, 1.82) is 0 Å². The Morgan fingerprint density at radius 3 is 1.32 bits per heavy atom. The average molecular weight is 359 g/mol. The van der Waals surface area contributed by atoms with Crippen LogP contribution in [0.4, 0.5) is 0 Å². The van der Waals surface area contributed by atoms with E-state index in [9.17, 15) is 5.11 Å². The van der Waals surface area contributed by atoms with Gasteiger partial charge in [0.15, 0.2) is 0 Å². The topological polar surface area (TPSA) is 20.2 Å². The molecule has 0 amide bonds. The summed E-state index contributed by atoms with van der Waals surface area (Å²) in [6, 6.07) is 4.25. The zero-order valence-corrected chi connectivity index (χ0v) is 19.2. The van der Waals surface area contributed by atoms with Gasteiger partial charge in [0.2, 0.25) is 0 Å². The molecule has 1 rings (SSSR count). The molecule has 0 saturated heterocycles. The van der Waals surface area contributed by atoms with Crippen molar-refractivity contribution in [2.24, 2.45) is 0 Å². The van der Waals surface area contributed by atoms with Crippen LogP contribution in [0.1, 0.15) is 95.8 Å². The fourth-order valence-corrected chi connectivity index (χ4v) is 2.05. The molecular weight excluding hydrogens is 317 g/mol. The van der Waals surface area contributed by atoms with Crippen molar-refractivity contribution in [3.05, 3.63) is 42.7 Å². The molecule has 0 atom stereocenters. The molecule has 1 aromatic carbocycles. The average Bonchev–Trinajstić information content (AvgIpc) is 2.61. The Kier molecular flexibility index (Phi) is 25.8. The van der Waals surface area contributed by atoms with E-state index < -0.39 is 0 Å². The molecule has 0 radical (unpaired) electrons. The van der Waals surface area contributed by atoms with E-state index in [-0.39, 0.29) is 23.1 Å². The number of hydrogen-bond acceptors (Lipinski definition) is 1. The first kappa shape index (κ1) is 29.5. The van der Waals surface area contributed by atoms with E-state index >= 15 is 0 Å². The third-order valence-electron chi connectivity index (χ3n) is 3.72. The molecule has 0 aliphatic heterocycles. The Morgan fingerprint density at radius 2 is 1.08 bits per heavy atom.